The van der Waals surface area contributed by atoms with E-state index in [2.05, 4.69) is 5.16 Å². The van der Waals surface area contributed by atoms with Crippen LogP contribution in [-0.4, -0.2) is 16.0 Å². The van der Waals surface area contributed by atoms with E-state index in [1.165, 1.54) is 6.07 Å². The van der Waals surface area contributed by atoms with Crippen LogP contribution in [0.1, 0.15) is 16.7 Å². The highest BCUT2D eigenvalue weighted by molar-refractivity contribution is 5.93. The molecule has 22 heavy (non-hydrogen) atoms. The molecule has 0 aliphatic heterocycles. The van der Waals surface area contributed by atoms with Crippen LogP contribution in [0.25, 0.3) is 11.1 Å². The van der Waals surface area contributed by atoms with Gasteiger partial charge in [-0.1, -0.05) is 29.4 Å². The van der Waals surface area contributed by atoms with Crippen LogP contribution in [0.5, 0.6) is 5.75 Å². The topological polar surface area (TPSA) is 52.8 Å². The summed E-state index contributed by atoms with van der Waals surface area (Å²) in [4.78, 5) is 0. The minimum absolute atomic E-state index is 0.377. The normalized spacial score (nSPS) is 16.0. The summed E-state index contributed by atoms with van der Waals surface area (Å²) < 4.78 is 38.6. The van der Waals surface area contributed by atoms with Gasteiger partial charge in [-0.2, -0.15) is 13.2 Å². The number of phenolic OH excluding ortho intramolecular Hbond substituents is 1. The van der Waals surface area contributed by atoms with Gasteiger partial charge in [-0.3, -0.25) is 0 Å². The standard InChI is InChI=1S/C16H12F3NO2/c17-16(18,19)14-8-11(3-4-15(14)21)9-1-2-10-6-13(20-22)7-12(10)5-9/h1-5,8,21-22H,6-7H2/b20-13-. The molecule has 2 N–H and O–H groups in total. The fourth-order valence-corrected chi connectivity index (χ4v) is 2.66. The van der Waals surface area contributed by atoms with E-state index < -0.39 is 17.5 Å². The van der Waals surface area contributed by atoms with Crippen LogP contribution < -0.4 is 0 Å². The van der Waals surface area contributed by atoms with Crippen molar-refractivity contribution in [1.82, 2.24) is 0 Å². The molecule has 1 aliphatic carbocycles. The van der Waals surface area contributed by atoms with Crippen LogP contribution in [-0.2, 0) is 19.0 Å². The van der Waals surface area contributed by atoms with Gasteiger partial charge >= 0.3 is 6.18 Å². The first-order valence-electron chi connectivity index (χ1n) is 6.60. The van der Waals surface area contributed by atoms with Crippen molar-refractivity contribution in [3.63, 3.8) is 0 Å². The van der Waals surface area contributed by atoms with Gasteiger partial charge in [0.15, 0.2) is 0 Å². The fraction of sp³-hybridized carbons (Fsp3) is 0.188. The van der Waals surface area contributed by atoms with Crippen LogP contribution in [0.15, 0.2) is 41.6 Å². The molecule has 0 unspecified atom stereocenters. The molecule has 0 atom stereocenters. The maximum absolute atomic E-state index is 12.9. The van der Waals surface area contributed by atoms with E-state index in [9.17, 15) is 18.3 Å². The summed E-state index contributed by atoms with van der Waals surface area (Å²) in [7, 11) is 0. The summed E-state index contributed by atoms with van der Waals surface area (Å²) in [6.07, 6.45) is -3.56. The quantitative estimate of drug-likeness (QED) is 0.618. The van der Waals surface area contributed by atoms with Crippen LogP contribution in [0.3, 0.4) is 0 Å². The lowest BCUT2D eigenvalue weighted by Crippen LogP contribution is -2.05. The Morgan fingerprint density at radius 2 is 1.55 bits per heavy atom. The number of hydrogen-bond donors (Lipinski definition) is 2. The Balaban J connectivity index is 2.03. The molecular formula is C16H12F3NO2. The third-order valence-electron chi connectivity index (χ3n) is 3.77. The minimum atomic E-state index is -4.60. The molecule has 0 fully saturated rings. The van der Waals surface area contributed by atoms with Gasteiger partial charge in [-0.25, -0.2) is 0 Å². The Morgan fingerprint density at radius 1 is 0.909 bits per heavy atom. The minimum Gasteiger partial charge on any atom is -0.507 e. The van der Waals surface area contributed by atoms with Crippen LogP contribution >= 0.6 is 0 Å². The zero-order valence-corrected chi connectivity index (χ0v) is 11.4. The fourth-order valence-electron chi connectivity index (χ4n) is 2.66. The highest BCUT2D eigenvalue weighted by atomic mass is 19.4. The highest BCUT2D eigenvalue weighted by Gasteiger charge is 2.34. The SMILES string of the molecule is O/N=C1/Cc2ccc(-c3ccc(O)c(C(F)(F)F)c3)cc2C1. The number of oxime groups is 1. The predicted molar refractivity (Wildman–Crippen MR) is 75.2 cm³/mol. The van der Waals surface area contributed by atoms with Crippen LogP contribution in [0.2, 0.25) is 0 Å². The van der Waals surface area contributed by atoms with Crippen molar-refractivity contribution in [3.8, 4) is 16.9 Å². The zero-order chi connectivity index (χ0) is 15.9. The number of phenols is 1. The lowest BCUT2D eigenvalue weighted by Gasteiger charge is -2.11. The lowest BCUT2D eigenvalue weighted by molar-refractivity contribution is -0.138. The van der Waals surface area contributed by atoms with Crippen molar-refractivity contribution in [2.45, 2.75) is 19.0 Å². The summed E-state index contributed by atoms with van der Waals surface area (Å²) in [5, 5.41) is 21.4. The number of hydrogen-bond acceptors (Lipinski definition) is 3. The number of halogens is 3. The molecule has 0 radical (unpaired) electrons. The monoisotopic (exact) mass is 307 g/mol. The molecule has 0 saturated heterocycles. The predicted octanol–water partition coefficient (Wildman–Crippen LogP) is 4.01. The third kappa shape index (κ3) is 2.52. The van der Waals surface area contributed by atoms with E-state index in [1.54, 1.807) is 12.1 Å². The average molecular weight is 307 g/mol. The maximum Gasteiger partial charge on any atom is 0.419 e. The molecule has 114 valence electrons. The summed E-state index contributed by atoms with van der Waals surface area (Å²) in [6.45, 7) is 0. The number of nitrogens with zero attached hydrogens (tertiary/aromatic N) is 1. The number of alkyl halides is 3. The average Bonchev–Trinajstić information content (AvgIpc) is 2.88. The van der Waals surface area contributed by atoms with Gasteiger partial charge in [0.05, 0.1) is 11.3 Å². The second-order valence-electron chi connectivity index (χ2n) is 5.23. The first kappa shape index (κ1) is 14.4. The molecule has 3 rings (SSSR count). The zero-order valence-electron chi connectivity index (χ0n) is 11.4. The molecule has 6 heteroatoms. The second-order valence-corrected chi connectivity index (χ2v) is 5.23. The largest absolute Gasteiger partial charge is 0.507 e. The summed E-state index contributed by atoms with van der Waals surface area (Å²) in [5.41, 5.74) is 2.53. The summed E-state index contributed by atoms with van der Waals surface area (Å²) in [6, 6.07) is 8.77. The maximum atomic E-state index is 12.9. The van der Waals surface area contributed by atoms with Crippen molar-refractivity contribution in [2.24, 2.45) is 5.16 Å². The third-order valence-corrected chi connectivity index (χ3v) is 3.77. The van der Waals surface area contributed by atoms with Crippen molar-refractivity contribution >= 4 is 5.71 Å². The number of aromatic hydroxyl groups is 1. The van der Waals surface area contributed by atoms with Gasteiger partial charge < -0.3 is 10.3 Å². The number of rotatable bonds is 1. The first-order chi connectivity index (χ1) is 10.4. The Hall–Kier alpha value is -2.50. The molecule has 0 heterocycles. The Labute approximate surface area is 124 Å². The Morgan fingerprint density at radius 3 is 2.23 bits per heavy atom. The Kier molecular flexibility index (Phi) is 3.31. The van der Waals surface area contributed by atoms with Crippen LogP contribution in [0, 0.1) is 0 Å². The molecule has 2 aromatic rings. The lowest BCUT2D eigenvalue weighted by atomic mass is 9.98. The van der Waals surface area contributed by atoms with Gasteiger partial charge in [0, 0.05) is 12.8 Å². The molecule has 0 bridgehead atoms. The molecule has 2 aromatic carbocycles. The second kappa shape index (κ2) is 5.05. The van der Waals surface area contributed by atoms with Crippen molar-refractivity contribution in [1.29, 1.82) is 0 Å². The van der Waals surface area contributed by atoms with E-state index in [4.69, 9.17) is 5.21 Å². The van der Waals surface area contributed by atoms with E-state index in [1.807, 2.05) is 6.07 Å². The molecule has 0 amide bonds. The summed E-state index contributed by atoms with van der Waals surface area (Å²) in [5.74, 6) is -0.785. The molecule has 1 aliphatic rings. The van der Waals surface area contributed by atoms with E-state index in [-0.39, 0.29) is 0 Å². The number of fused-ring (bicyclic) bond motifs is 1. The molecular weight excluding hydrogens is 295 g/mol. The molecule has 0 aromatic heterocycles. The highest BCUT2D eigenvalue weighted by Crippen LogP contribution is 2.38. The van der Waals surface area contributed by atoms with E-state index in [0.717, 1.165) is 23.3 Å². The van der Waals surface area contributed by atoms with Gasteiger partial charge in [-0.05, 0) is 34.4 Å². The van der Waals surface area contributed by atoms with Crippen molar-refractivity contribution in [3.05, 3.63) is 53.1 Å². The smallest absolute Gasteiger partial charge is 0.419 e. The Bertz CT molecular complexity index is 766. The molecule has 0 spiro atoms. The van der Waals surface area contributed by atoms with Gasteiger partial charge in [0.25, 0.3) is 0 Å². The van der Waals surface area contributed by atoms with Gasteiger partial charge in [-0.15, -0.1) is 0 Å². The van der Waals surface area contributed by atoms with Gasteiger partial charge in [0.2, 0.25) is 0 Å². The summed E-state index contributed by atoms with van der Waals surface area (Å²) >= 11 is 0. The van der Waals surface area contributed by atoms with Crippen molar-refractivity contribution < 1.29 is 23.5 Å². The number of benzene rings is 2. The van der Waals surface area contributed by atoms with E-state index in [0.29, 0.717) is 29.7 Å². The first-order valence-corrected chi connectivity index (χ1v) is 6.60. The van der Waals surface area contributed by atoms with E-state index >= 15 is 0 Å². The van der Waals surface area contributed by atoms with Gasteiger partial charge in [0.1, 0.15) is 5.75 Å². The van der Waals surface area contributed by atoms with Crippen molar-refractivity contribution in [2.75, 3.05) is 0 Å². The molecule has 3 nitrogen and oxygen atoms in total. The molecule has 0 saturated carbocycles. The van der Waals surface area contributed by atoms with Crippen LogP contribution in [0.4, 0.5) is 13.2 Å².